The molecular formula is C12H17BrFNOS. The number of nitrogens with one attached hydrogen (secondary N) is 1. The second kappa shape index (κ2) is 8.91. The molecule has 2 nitrogen and oxygen atoms in total. The van der Waals surface area contributed by atoms with Gasteiger partial charge >= 0.3 is 0 Å². The largest absolute Gasteiger partial charge is 0.396 e. The molecule has 0 aliphatic heterocycles. The van der Waals surface area contributed by atoms with Crippen molar-refractivity contribution in [3.8, 4) is 0 Å². The molecule has 5 heteroatoms. The number of aliphatic hydroxyl groups is 1. The van der Waals surface area contributed by atoms with E-state index in [0.717, 1.165) is 34.5 Å². The Labute approximate surface area is 114 Å². The van der Waals surface area contributed by atoms with E-state index in [9.17, 15) is 4.39 Å². The Balaban J connectivity index is 2.13. The number of rotatable bonds is 8. The van der Waals surface area contributed by atoms with Gasteiger partial charge in [0.2, 0.25) is 0 Å². The first-order valence-electron chi connectivity index (χ1n) is 5.56. The molecule has 0 spiro atoms. The van der Waals surface area contributed by atoms with Crippen LogP contribution in [0, 0.1) is 5.82 Å². The molecule has 17 heavy (non-hydrogen) atoms. The van der Waals surface area contributed by atoms with Crippen LogP contribution < -0.4 is 5.32 Å². The minimum atomic E-state index is -0.214. The average Bonchev–Trinajstić information content (AvgIpc) is 2.26. The molecule has 0 unspecified atom stereocenters. The summed E-state index contributed by atoms with van der Waals surface area (Å²) in [5.74, 6) is 1.79. The van der Waals surface area contributed by atoms with Gasteiger partial charge in [-0.2, -0.15) is 11.8 Å². The number of benzene rings is 1. The topological polar surface area (TPSA) is 32.3 Å². The van der Waals surface area contributed by atoms with Gasteiger partial charge in [-0.15, -0.1) is 0 Å². The maximum atomic E-state index is 13.1. The summed E-state index contributed by atoms with van der Waals surface area (Å²) >= 11 is 5.08. The molecule has 0 atom stereocenters. The van der Waals surface area contributed by atoms with Crippen molar-refractivity contribution in [3.63, 3.8) is 0 Å². The highest BCUT2D eigenvalue weighted by Gasteiger charge is 1.98. The first-order valence-corrected chi connectivity index (χ1v) is 7.51. The van der Waals surface area contributed by atoms with E-state index in [0.29, 0.717) is 6.54 Å². The SMILES string of the molecule is OCCCSCCNCc1cc(F)cc(Br)c1. The fourth-order valence-electron chi connectivity index (χ4n) is 1.36. The van der Waals surface area contributed by atoms with Crippen molar-refractivity contribution < 1.29 is 9.50 Å². The number of thioether (sulfide) groups is 1. The van der Waals surface area contributed by atoms with Crippen molar-refractivity contribution in [2.24, 2.45) is 0 Å². The summed E-state index contributed by atoms with van der Waals surface area (Å²) in [6.07, 6.45) is 0.849. The van der Waals surface area contributed by atoms with E-state index in [-0.39, 0.29) is 12.4 Å². The van der Waals surface area contributed by atoms with Crippen LogP contribution in [-0.2, 0) is 6.54 Å². The maximum absolute atomic E-state index is 13.1. The van der Waals surface area contributed by atoms with Crippen molar-refractivity contribution in [2.45, 2.75) is 13.0 Å². The van der Waals surface area contributed by atoms with Gasteiger partial charge in [-0.25, -0.2) is 4.39 Å². The lowest BCUT2D eigenvalue weighted by Crippen LogP contribution is -2.16. The quantitative estimate of drug-likeness (QED) is 0.722. The maximum Gasteiger partial charge on any atom is 0.124 e. The lowest BCUT2D eigenvalue weighted by Gasteiger charge is -2.05. The van der Waals surface area contributed by atoms with Crippen molar-refractivity contribution in [1.82, 2.24) is 5.32 Å². The van der Waals surface area contributed by atoms with Gasteiger partial charge in [0.25, 0.3) is 0 Å². The third-order valence-corrected chi connectivity index (χ3v) is 3.65. The summed E-state index contributed by atoms with van der Waals surface area (Å²) < 4.78 is 13.8. The summed E-state index contributed by atoms with van der Waals surface area (Å²) in [6.45, 7) is 1.83. The standard InChI is InChI=1S/C12H17BrFNOS/c13-11-6-10(7-12(14)8-11)9-15-2-5-17-4-1-3-16/h6-8,15-16H,1-5,9H2. The smallest absolute Gasteiger partial charge is 0.124 e. The molecule has 0 amide bonds. The van der Waals surface area contributed by atoms with Crippen LogP contribution in [0.1, 0.15) is 12.0 Å². The van der Waals surface area contributed by atoms with Gasteiger partial charge in [-0.1, -0.05) is 15.9 Å². The lowest BCUT2D eigenvalue weighted by molar-refractivity contribution is 0.296. The monoisotopic (exact) mass is 321 g/mol. The summed E-state index contributed by atoms with van der Waals surface area (Å²) in [5.41, 5.74) is 0.942. The molecule has 0 saturated carbocycles. The van der Waals surface area contributed by atoms with Crippen molar-refractivity contribution in [1.29, 1.82) is 0 Å². The number of hydrogen-bond donors (Lipinski definition) is 2. The zero-order valence-corrected chi connectivity index (χ0v) is 12.0. The van der Waals surface area contributed by atoms with Crippen molar-refractivity contribution in [3.05, 3.63) is 34.1 Å². The zero-order valence-electron chi connectivity index (χ0n) is 9.59. The highest BCUT2D eigenvalue weighted by Crippen LogP contribution is 2.14. The van der Waals surface area contributed by atoms with Crippen LogP contribution in [0.4, 0.5) is 4.39 Å². The molecule has 1 rings (SSSR count). The van der Waals surface area contributed by atoms with Gasteiger partial charge in [0.05, 0.1) is 0 Å². The Morgan fingerprint density at radius 1 is 1.29 bits per heavy atom. The molecule has 0 aromatic heterocycles. The molecular weight excluding hydrogens is 305 g/mol. The van der Waals surface area contributed by atoms with Crippen LogP contribution in [0.2, 0.25) is 0 Å². The van der Waals surface area contributed by atoms with Crippen LogP contribution in [0.15, 0.2) is 22.7 Å². The fourth-order valence-corrected chi connectivity index (χ4v) is 2.70. The molecule has 0 fully saturated rings. The van der Waals surface area contributed by atoms with Crippen LogP contribution in [-0.4, -0.2) is 29.8 Å². The second-order valence-corrected chi connectivity index (χ2v) is 5.78. The molecule has 2 N–H and O–H groups in total. The van der Waals surface area contributed by atoms with Crippen LogP contribution in [0.3, 0.4) is 0 Å². The second-order valence-electron chi connectivity index (χ2n) is 3.64. The molecule has 96 valence electrons. The van der Waals surface area contributed by atoms with E-state index in [1.165, 1.54) is 12.1 Å². The Morgan fingerprint density at radius 3 is 2.82 bits per heavy atom. The average molecular weight is 322 g/mol. The van der Waals surface area contributed by atoms with E-state index in [2.05, 4.69) is 21.2 Å². The van der Waals surface area contributed by atoms with E-state index in [4.69, 9.17) is 5.11 Å². The number of halogens is 2. The van der Waals surface area contributed by atoms with E-state index < -0.39 is 0 Å². The third-order valence-electron chi connectivity index (χ3n) is 2.12. The zero-order chi connectivity index (χ0) is 12.5. The predicted octanol–water partition coefficient (Wildman–Crippen LogP) is 2.79. The Kier molecular flexibility index (Phi) is 7.84. The normalized spacial score (nSPS) is 10.8. The minimum absolute atomic E-state index is 0.214. The van der Waals surface area contributed by atoms with Gasteiger partial charge in [-0.3, -0.25) is 0 Å². The Bertz CT molecular complexity index is 318. The van der Waals surface area contributed by atoms with Crippen LogP contribution in [0.5, 0.6) is 0 Å². The van der Waals surface area contributed by atoms with E-state index in [1.54, 1.807) is 0 Å². The molecule has 0 aliphatic rings. The van der Waals surface area contributed by atoms with Gasteiger partial charge < -0.3 is 10.4 Å². The van der Waals surface area contributed by atoms with Crippen LogP contribution in [0.25, 0.3) is 0 Å². The van der Waals surface area contributed by atoms with Gasteiger partial charge in [0.15, 0.2) is 0 Å². The predicted molar refractivity (Wildman–Crippen MR) is 74.8 cm³/mol. The van der Waals surface area contributed by atoms with Gasteiger partial charge in [-0.05, 0) is 35.9 Å². The Hall–Kier alpha value is -0.100. The van der Waals surface area contributed by atoms with Gasteiger partial charge in [0, 0.05) is 29.9 Å². The first kappa shape index (κ1) is 15.0. The Morgan fingerprint density at radius 2 is 2.12 bits per heavy atom. The number of aliphatic hydroxyl groups excluding tert-OH is 1. The van der Waals surface area contributed by atoms with Gasteiger partial charge in [0.1, 0.15) is 5.82 Å². The molecule has 0 bridgehead atoms. The number of hydrogen-bond acceptors (Lipinski definition) is 3. The fraction of sp³-hybridized carbons (Fsp3) is 0.500. The molecule has 0 radical (unpaired) electrons. The minimum Gasteiger partial charge on any atom is -0.396 e. The summed E-state index contributed by atoms with van der Waals surface area (Å²) in [6, 6.07) is 4.90. The molecule has 0 saturated heterocycles. The van der Waals surface area contributed by atoms with Crippen molar-refractivity contribution in [2.75, 3.05) is 24.7 Å². The summed E-state index contributed by atoms with van der Waals surface area (Å²) in [4.78, 5) is 0. The van der Waals surface area contributed by atoms with E-state index >= 15 is 0 Å². The van der Waals surface area contributed by atoms with Crippen LogP contribution >= 0.6 is 27.7 Å². The van der Waals surface area contributed by atoms with Crippen molar-refractivity contribution >= 4 is 27.7 Å². The highest BCUT2D eigenvalue weighted by molar-refractivity contribution is 9.10. The molecule has 1 aromatic rings. The molecule has 0 heterocycles. The third kappa shape index (κ3) is 7.03. The summed E-state index contributed by atoms with van der Waals surface area (Å²) in [7, 11) is 0. The lowest BCUT2D eigenvalue weighted by atomic mass is 10.2. The first-order chi connectivity index (χ1) is 8.22. The summed E-state index contributed by atoms with van der Waals surface area (Å²) in [5, 5.41) is 11.9. The van der Waals surface area contributed by atoms with E-state index in [1.807, 2.05) is 17.8 Å². The molecule has 0 aliphatic carbocycles. The highest BCUT2D eigenvalue weighted by atomic mass is 79.9. The molecule has 1 aromatic carbocycles.